The number of nitro groups is 2. The molecule has 2 aromatic carbocycles. The number of carbonyl (C=O) groups is 4. The van der Waals surface area contributed by atoms with Crippen LogP contribution in [0.25, 0.3) is 0 Å². The molecule has 0 spiro atoms. The van der Waals surface area contributed by atoms with Gasteiger partial charge < -0.3 is 28.6 Å². The van der Waals surface area contributed by atoms with Crippen molar-refractivity contribution in [1.82, 2.24) is 4.90 Å². The molecule has 17 nitrogen and oxygen atoms in total. The van der Waals surface area contributed by atoms with Gasteiger partial charge in [-0.25, -0.2) is 9.59 Å². The van der Waals surface area contributed by atoms with Crippen molar-refractivity contribution >= 4 is 58.3 Å². The summed E-state index contributed by atoms with van der Waals surface area (Å²) in [4.78, 5) is 71.2. The Labute approximate surface area is 282 Å². The second kappa shape index (κ2) is 17.2. The maximum atomic E-state index is 13.1. The van der Waals surface area contributed by atoms with Gasteiger partial charge in [0.25, 0.3) is 5.69 Å². The van der Waals surface area contributed by atoms with Crippen LogP contribution in [-0.2, 0) is 50.7 Å². The maximum Gasteiger partial charge on any atom is 0.514 e. The number of esters is 1. The highest BCUT2D eigenvalue weighted by Crippen LogP contribution is 2.40. The molecule has 2 fully saturated rings. The average Bonchev–Trinajstić information content (AvgIpc) is 3.07. The third-order valence-corrected chi connectivity index (χ3v) is 9.02. The number of β-lactam (4-membered cyclic amide) rings is 1. The average molecular weight is 710 g/mol. The number of benzene rings is 2. The minimum absolute atomic E-state index is 0.0139. The summed E-state index contributed by atoms with van der Waals surface area (Å²) in [7, 11) is 0. The fourth-order valence-corrected chi connectivity index (χ4v) is 6.58. The molecule has 48 heavy (non-hydrogen) atoms. The van der Waals surface area contributed by atoms with Gasteiger partial charge in [0.1, 0.15) is 26.1 Å². The summed E-state index contributed by atoms with van der Waals surface area (Å²) in [5, 5.41) is 20.4. The zero-order valence-corrected chi connectivity index (χ0v) is 27.3. The number of fused-ring (bicyclic) bond motifs is 5. The highest BCUT2D eigenvalue weighted by Gasteiger charge is 2.54. The molecule has 4 aliphatic heterocycles. The molecular weight excluding hydrogens is 678 g/mol. The summed E-state index contributed by atoms with van der Waals surface area (Å²) < 4.78 is 30.3. The van der Waals surface area contributed by atoms with E-state index in [1.807, 2.05) is 13.8 Å². The predicted octanol–water partition coefficient (Wildman–Crippen LogP) is 4.14. The van der Waals surface area contributed by atoms with Crippen molar-refractivity contribution in [2.75, 3.05) is 25.8 Å². The van der Waals surface area contributed by atoms with Gasteiger partial charge in [0.2, 0.25) is 22.8 Å². The van der Waals surface area contributed by atoms with Crippen molar-refractivity contribution in [3.63, 3.8) is 0 Å². The minimum Gasteiger partial charge on any atom is -0.459 e. The lowest BCUT2D eigenvalue weighted by Crippen LogP contribution is -2.66. The number of non-ortho nitro benzene ring substituents is 1. The molecule has 3 atom stereocenters. The lowest BCUT2D eigenvalue weighted by molar-refractivity contribution is -0.385. The smallest absolute Gasteiger partial charge is 0.459 e. The summed E-state index contributed by atoms with van der Waals surface area (Å²) >= 11 is 1.96. The molecule has 258 valence electrons. The van der Waals surface area contributed by atoms with Gasteiger partial charge in [-0.2, -0.15) is 0 Å². The van der Waals surface area contributed by atoms with Crippen molar-refractivity contribution in [1.29, 1.82) is 0 Å². The van der Waals surface area contributed by atoms with Gasteiger partial charge in [-0.1, -0.05) is 19.9 Å². The molecule has 1 amide bonds. The van der Waals surface area contributed by atoms with Crippen molar-refractivity contribution in [3.05, 3.63) is 73.8 Å². The molecule has 0 aliphatic carbocycles. The molecule has 0 aromatic heterocycles. The third kappa shape index (κ3) is 9.19. The Balaban J connectivity index is 0.000000307. The lowest BCUT2D eigenvalue weighted by Gasteiger charge is -2.48. The Morgan fingerprint density at radius 1 is 1.04 bits per heavy atom. The number of hydrogen-bond donors (Lipinski definition) is 0. The first-order valence-electron chi connectivity index (χ1n) is 14.5. The van der Waals surface area contributed by atoms with Gasteiger partial charge in [-0.15, -0.1) is 11.8 Å². The Bertz CT molecular complexity index is 1520. The van der Waals surface area contributed by atoms with Gasteiger partial charge >= 0.3 is 17.8 Å². The van der Waals surface area contributed by atoms with Crippen LogP contribution in [0.5, 0.6) is 5.75 Å². The number of thioether (sulfide) groups is 1. The first-order chi connectivity index (χ1) is 23.0. The van der Waals surface area contributed by atoms with Crippen LogP contribution in [-0.4, -0.2) is 81.2 Å². The van der Waals surface area contributed by atoms with Crippen molar-refractivity contribution in [2.45, 2.75) is 51.0 Å². The van der Waals surface area contributed by atoms with Crippen LogP contribution in [0.4, 0.5) is 16.2 Å². The summed E-state index contributed by atoms with van der Waals surface area (Å²) in [5.74, 6) is -0.856. The maximum absolute atomic E-state index is 13.1. The van der Waals surface area contributed by atoms with E-state index in [1.165, 1.54) is 53.1 Å². The first kappa shape index (κ1) is 36.5. The van der Waals surface area contributed by atoms with E-state index in [9.17, 15) is 39.4 Å². The van der Waals surface area contributed by atoms with Crippen LogP contribution in [0.1, 0.15) is 31.4 Å². The molecular formula is C29H31N3O14S2. The lowest BCUT2D eigenvalue weighted by atomic mass is 9.93. The van der Waals surface area contributed by atoms with Gasteiger partial charge in [-0.05, 0) is 41.5 Å². The van der Waals surface area contributed by atoms with Crippen LogP contribution in [0.3, 0.4) is 0 Å². The van der Waals surface area contributed by atoms with E-state index in [2.05, 4.69) is 9.47 Å². The van der Waals surface area contributed by atoms with E-state index in [0.29, 0.717) is 35.3 Å². The Hall–Kier alpha value is -4.30. The molecule has 2 aromatic rings. The molecule has 2 bridgehead atoms. The minimum atomic E-state index is -1.48. The van der Waals surface area contributed by atoms with E-state index in [1.54, 1.807) is 6.07 Å². The van der Waals surface area contributed by atoms with Gasteiger partial charge in [0.15, 0.2) is 0 Å². The van der Waals surface area contributed by atoms with E-state index in [-0.39, 0.29) is 67.5 Å². The number of rotatable bonds is 12. The van der Waals surface area contributed by atoms with E-state index < -0.39 is 39.2 Å². The molecule has 0 radical (unpaired) electrons. The SMILES string of the molecule is CCSC1C(CC)C(=O)N1C(C(=O)OCc1ccc([N+](=O)[O-])cc1)C(=O)SOC1COCOC1.O=C1OCc2ccc(c([N+](=O)[O-])c2)O1. The molecule has 19 heteroatoms. The fraction of sp³-hybridized carbons (Fsp3) is 0.448. The normalized spacial score (nSPS) is 19.3. The Morgan fingerprint density at radius 3 is 2.38 bits per heavy atom. The summed E-state index contributed by atoms with van der Waals surface area (Å²) in [6.45, 7) is 4.22. The van der Waals surface area contributed by atoms with Crippen LogP contribution >= 0.6 is 23.8 Å². The number of hydrogen-bond acceptors (Lipinski definition) is 16. The molecule has 4 heterocycles. The van der Waals surface area contributed by atoms with E-state index in [0.717, 1.165) is 0 Å². The van der Waals surface area contributed by atoms with E-state index in [4.69, 9.17) is 18.4 Å². The van der Waals surface area contributed by atoms with Crippen LogP contribution in [0.15, 0.2) is 42.5 Å². The molecule has 6 rings (SSSR count). The number of likely N-dealkylation sites (tertiary alicyclic amines) is 1. The number of amides is 1. The second-order valence-electron chi connectivity index (χ2n) is 10.2. The van der Waals surface area contributed by atoms with Crippen LogP contribution < -0.4 is 4.74 Å². The van der Waals surface area contributed by atoms with Gasteiger partial charge in [-0.3, -0.25) is 34.0 Å². The third-order valence-electron chi connectivity index (χ3n) is 7.03. The monoisotopic (exact) mass is 709 g/mol. The molecule has 4 aliphatic rings. The first-order valence-corrected chi connectivity index (χ1v) is 16.3. The number of carbonyl (C=O) groups excluding carboxylic acids is 4. The van der Waals surface area contributed by atoms with Gasteiger partial charge in [0, 0.05) is 18.2 Å². The summed E-state index contributed by atoms with van der Waals surface area (Å²) in [6.07, 6.45) is -0.823. The van der Waals surface area contributed by atoms with Crippen molar-refractivity contribution in [2.24, 2.45) is 5.92 Å². The fourth-order valence-electron chi connectivity index (χ4n) is 4.66. The Kier molecular flexibility index (Phi) is 13.1. The second-order valence-corrected chi connectivity index (χ2v) is 12.4. The van der Waals surface area contributed by atoms with E-state index >= 15 is 0 Å². The number of nitrogens with zero attached hydrogens (tertiary/aromatic N) is 3. The summed E-state index contributed by atoms with van der Waals surface area (Å²) in [5.41, 5.74) is 0.756. The highest BCUT2D eigenvalue weighted by molar-refractivity contribution is 8.09. The quantitative estimate of drug-likeness (QED) is 0.0576. The van der Waals surface area contributed by atoms with Crippen molar-refractivity contribution in [3.8, 4) is 5.75 Å². The van der Waals surface area contributed by atoms with Crippen LogP contribution in [0, 0.1) is 26.1 Å². The zero-order chi connectivity index (χ0) is 34.8. The van der Waals surface area contributed by atoms with Crippen molar-refractivity contribution < 1.29 is 56.9 Å². The highest BCUT2D eigenvalue weighted by atomic mass is 32.2. The van der Waals surface area contributed by atoms with Crippen LogP contribution in [0.2, 0.25) is 0 Å². The topological polar surface area (TPSA) is 213 Å². The molecule has 0 N–H and O–H groups in total. The number of ether oxygens (including phenoxy) is 5. The Morgan fingerprint density at radius 2 is 1.75 bits per heavy atom. The molecule has 2 saturated heterocycles. The van der Waals surface area contributed by atoms with Gasteiger partial charge in [0.05, 0.1) is 46.4 Å². The standard InChI is InChI=1S/C21H26N2O9S2.C8H5NO5/c1-3-16-18(24)22(19(16)33-4-2)17(21(26)34-32-15-10-29-12-30-11-15)20(25)31-9-13-5-7-14(8-6-13)23(27)28;10-8-13-4-5-1-2-7(14-8)6(3-5)9(11)12/h5-8,15-17,19H,3-4,9-12H2,1-2H3;1-3H,4H2. The zero-order valence-electron chi connectivity index (χ0n) is 25.7. The molecule has 0 saturated carbocycles. The number of nitro benzene ring substituents is 2. The largest absolute Gasteiger partial charge is 0.514 e. The predicted molar refractivity (Wildman–Crippen MR) is 167 cm³/mol. The molecule has 3 unspecified atom stereocenters. The summed E-state index contributed by atoms with van der Waals surface area (Å²) in [6, 6.07) is 8.34.